The van der Waals surface area contributed by atoms with Gasteiger partial charge in [0.05, 0.1) is 0 Å². The van der Waals surface area contributed by atoms with Crippen molar-refractivity contribution in [3.63, 3.8) is 0 Å². The van der Waals surface area contributed by atoms with Crippen LogP contribution in [0.1, 0.15) is 50.3 Å². The van der Waals surface area contributed by atoms with Gasteiger partial charge in [0.15, 0.2) is 6.61 Å². The molecule has 3 heteroatoms. The Morgan fingerprint density at radius 1 is 1.00 bits per heavy atom. The van der Waals surface area contributed by atoms with Crippen molar-refractivity contribution in [2.45, 2.75) is 46.5 Å². The molecular formula is C21H27NO2. The van der Waals surface area contributed by atoms with Crippen LogP contribution in [0.15, 0.2) is 42.5 Å². The Morgan fingerprint density at radius 2 is 1.62 bits per heavy atom. The molecule has 0 unspecified atom stereocenters. The van der Waals surface area contributed by atoms with Gasteiger partial charge >= 0.3 is 0 Å². The topological polar surface area (TPSA) is 38.3 Å². The predicted octanol–water partition coefficient (Wildman–Crippen LogP) is 4.95. The first kappa shape index (κ1) is 18.1. The van der Waals surface area contributed by atoms with Crippen LogP contribution in [0.5, 0.6) is 5.75 Å². The number of ether oxygens (including phenoxy) is 1. The van der Waals surface area contributed by atoms with E-state index in [-0.39, 0.29) is 12.5 Å². The normalized spacial score (nSPS) is 10.7. The van der Waals surface area contributed by atoms with Crippen molar-refractivity contribution in [3.05, 3.63) is 59.2 Å². The molecule has 0 bridgehead atoms. The van der Waals surface area contributed by atoms with E-state index in [0.29, 0.717) is 5.92 Å². The summed E-state index contributed by atoms with van der Waals surface area (Å²) in [5.74, 6) is 1.02. The van der Waals surface area contributed by atoms with Gasteiger partial charge in [-0.3, -0.25) is 4.79 Å². The SMILES string of the molecule is CCc1cccc(CC)c1NC(=O)COc1ccccc1C(C)C. The molecule has 0 radical (unpaired) electrons. The van der Waals surface area contributed by atoms with E-state index in [1.807, 2.05) is 30.3 Å². The van der Waals surface area contributed by atoms with E-state index < -0.39 is 0 Å². The number of para-hydroxylation sites is 2. The number of rotatable bonds is 7. The van der Waals surface area contributed by atoms with Gasteiger partial charge < -0.3 is 10.1 Å². The summed E-state index contributed by atoms with van der Waals surface area (Å²) in [6.45, 7) is 8.45. The van der Waals surface area contributed by atoms with Crippen LogP contribution in [0.25, 0.3) is 0 Å². The number of amides is 1. The summed E-state index contributed by atoms with van der Waals surface area (Å²) in [7, 11) is 0. The van der Waals surface area contributed by atoms with Crippen molar-refractivity contribution in [2.24, 2.45) is 0 Å². The molecule has 0 heterocycles. The predicted molar refractivity (Wildman–Crippen MR) is 99.9 cm³/mol. The van der Waals surface area contributed by atoms with Crippen LogP contribution < -0.4 is 10.1 Å². The second-order valence-electron chi connectivity index (χ2n) is 6.19. The zero-order valence-electron chi connectivity index (χ0n) is 15.1. The van der Waals surface area contributed by atoms with Crippen molar-refractivity contribution in [2.75, 3.05) is 11.9 Å². The molecule has 1 amide bonds. The molecule has 2 rings (SSSR count). The quantitative estimate of drug-likeness (QED) is 0.782. The minimum atomic E-state index is -0.121. The highest BCUT2D eigenvalue weighted by molar-refractivity contribution is 5.93. The third-order valence-electron chi connectivity index (χ3n) is 4.16. The number of benzene rings is 2. The summed E-state index contributed by atoms with van der Waals surface area (Å²) in [5, 5.41) is 3.04. The molecule has 2 aromatic carbocycles. The minimum Gasteiger partial charge on any atom is -0.483 e. The first-order valence-electron chi connectivity index (χ1n) is 8.69. The van der Waals surface area contributed by atoms with E-state index >= 15 is 0 Å². The van der Waals surface area contributed by atoms with Gasteiger partial charge in [0.1, 0.15) is 5.75 Å². The first-order valence-corrected chi connectivity index (χ1v) is 8.69. The molecule has 0 spiro atoms. The van der Waals surface area contributed by atoms with Gasteiger partial charge in [-0.25, -0.2) is 0 Å². The molecule has 128 valence electrons. The molecule has 0 aromatic heterocycles. The van der Waals surface area contributed by atoms with E-state index in [4.69, 9.17) is 4.74 Å². The highest BCUT2D eigenvalue weighted by atomic mass is 16.5. The lowest BCUT2D eigenvalue weighted by Crippen LogP contribution is -2.22. The number of carbonyl (C=O) groups is 1. The monoisotopic (exact) mass is 325 g/mol. The lowest BCUT2D eigenvalue weighted by Gasteiger charge is -2.16. The number of carbonyl (C=O) groups excluding carboxylic acids is 1. The third-order valence-corrected chi connectivity index (χ3v) is 4.16. The second-order valence-corrected chi connectivity index (χ2v) is 6.19. The van der Waals surface area contributed by atoms with E-state index in [0.717, 1.165) is 41.0 Å². The van der Waals surface area contributed by atoms with Crippen LogP contribution >= 0.6 is 0 Å². The van der Waals surface area contributed by atoms with Crippen molar-refractivity contribution in [1.82, 2.24) is 0 Å². The molecule has 0 saturated heterocycles. The van der Waals surface area contributed by atoms with Crippen LogP contribution in [0.3, 0.4) is 0 Å². The average Bonchev–Trinajstić information content (AvgIpc) is 2.60. The zero-order valence-corrected chi connectivity index (χ0v) is 15.1. The van der Waals surface area contributed by atoms with Crippen LogP contribution in [-0.2, 0) is 17.6 Å². The van der Waals surface area contributed by atoms with Crippen LogP contribution in [0, 0.1) is 0 Å². The molecule has 3 nitrogen and oxygen atoms in total. The van der Waals surface area contributed by atoms with E-state index in [1.165, 1.54) is 0 Å². The van der Waals surface area contributed by atoms with Gasteiger partial charge in [-0.2, -0.15) is 0 Å². The molecule has 24 heavy (non-hydrogen) atoms. The Labute approximate surface area is 145 Å². The summed E-state index contributed by atoms with van der Waals surface area (Å²) in [5.41, 5.74) is 4.37. The average molecular weight is 325 g/mol. The molecule has 1 N–H and O–H groups in total. The maximum atomic E-state index is 12.4. The molecule has 0 atom stereocenters. The molecular weight excluding hydrogens is 298 g/mol. The van der Waals surface area contributed by atoms with Crippen LogP contribution in [0.2, 0.25) is 0 Å². The summed E-state index contributed by atoms with van der Waals surface area (Å²) in [4.78, 5) is 12.4. The Balaban J connectivity index is 2.08. The summed E-state index contributed by atoms with van der Waals surface area (Å²) < 4.78 is 5.77. The van der Waals surface area contributed by atoms with E-state index in [9.17, 15) is 4.79 Å². The molecule has 0 aliphatic heterocycles. The van der Waals surface area contributed by atoms with Crippen molar-refractivity contribution >= 4 is 11.6 Å². The van der Waals surface area contributed by atoms with Crippen molar-refractivity contribution in [1.29, 1.82) is 0 Å². The minimum absolute atomic E-state index is 0.0188. The van der Waals surface area contributed by atoms with Gasteiger partial charge in [0.2, 0.25) is 0 Å². The Bertz CT molecular complexity index is 670. The Kier molecular flexibility index (Phi) is 6.42. The fourth-order valence-electron chi connectivity index (χ4n) is 2.81. The van der Waals surface area contributed by atoms with Crippen LogP contribution in [0.4, 0.5) is 5.69 Å². The summed E-state index contributed by atoms with van der Waals surface area (Å²) >= 11 is 0. The lowest BCUT2D eigenvalue weighted by atomic mass is 10.0. The highest BCUT2D eigenvalue weighted by Gasteiger charge is 2.12. The number of anilines is 1. The summed E-state index contributed by atoms with van der Waals surface area (Å²) in [6, 6.07) is 14.0. The van der Waals surface area contributed by atoms with Gasteiger partial charge in [0, 0.05) is 5.69 Å². The summed E-state index contributed by atoms with van der Waals surface area (Å²) in [6.07, 6.45) is 1.78. The van der Waals surface area contributed by atoms with Crippen LogP contribution in [-0.4, -0.2) is 12.5 Å². The van der Waals surface area contributed by atoms with Gasteiger partial charge in [-0.1, -0.05) is 64.1 Å². The number of aryl methyl sites for hydroxylation is 2. The lowest BCUT2D eigenvalue weighted by molar-refractivity contribution is -0.118. The fourth-order valence-corrected chi connectivity index (χ4v) is 2.81. The highest BCUT2D eigenvalue weighted by Crippen LogP contribution is 2.26. The number of nitrogens with one attached hydrogen (secondary N) is 1. The molecule has 0 fully saturated rings. The van der Waals surface area contributed by atoms with Crippen molar-refractivity contribution in [3.8, 4) is 5.75 Å². The van der Waals surface area contributed by atoms with E-state index in [1.54, 1.807) is 0 Å². The smallest absolute Gasteiger partial charge is 0.262 e. The molecule has 0 aliphatic carbocycles. The standard InChI is InChI=1S/C21H27NO2/c1-5-16-10-9-11-17(6-2)21(16)22-20(23)14-24-19-13-8-7-12-18(19)15(3)4/h7-13,15H,5-6,14H2,1-4H3,(H,22,23). The Hall–Kier alpha value is -2.29. The largest absolute Gasteiger partial charge is 0.483 e. The number of hydrogen-bond acceptors (Lipinski definition) is 2. The molecule has 0 saturated carbocycles. The Morgan fingerprint density at radius 3 is 2.21 bits per heavy atom. The van der Waals surface area contributed by atoms with Gasteiger partial charge in [0.25, 0.3) is 5.91 Å². The number of hydrogen-bond donors (Lipinski definition) is 1. The molecule has 2 aromatic rings. The maximum Gasteiger partial charge on any atom is 0.262 e. The van der Waals surface area contributed by atoms with Gasteiger partial charge in [-0.15, -0.1) is 0 Å². The third kappa shape index (κ3) is 4.38. The first-order chi connectivity index (χ1) is 11.6. The van der Waals surface area contributed by atoms with Crippen molar-refractivity contribution < 1.29 is 9.53 Å². The van der Waals surface area contributed by atoms with E-state index in [2.05, 4.69) is 45.1 Å². The maximum absolute atomic E-state index is 12.4. The molecule has 0 aliphatic rings. The zero-order chi connectivity index (χ0) is 17.5. The fraction of sp³-hybridized carbons (Fsp3) is 0.381. The second kappa shape index (κ2) is 8.53. The van der Waals surface area contributed by atoms with Gasteiger partial charge in [-0.05, 0) is 41.5 Å².